The highest BCUT2D eigenvalue weighted by atomic mass is 16.5. The van der Waals surface area contributed by atoms with Crippen LogP contribution in [0, 0.1) is 5.92 Å². The molecule has 3 atom stereocenters. The fourth-order valence-electron chi connectivity index (χ4n) is 4.18. The van der Waals surface area contributed by atoms with Crippen molar-refractivity contribution in [2.75, 3.05) is 24.6 Å². The monoisotopic (exact) mass is 368 g/mol. The number of amides is 1. The zero-order valence-electron chi connectivity index (χ0n) is 16.1. The minimum Gasteiger partial charge on any atom is -0.372 e. The number of hydrogen-bond acceptors (Lipinski definition) is 4. The van der Waals surface area contributed by atoms with E-state index in [1.807, 2.05) is 13.1 Å². The van der Waals surface area contributed by atoms with E-state index >= 15 is 0 Å². The van der Waals surface area contributed by atoms with Crippen molar-refractivity contribution in [3.8, 4) is 0 Å². The Kier molecular flexibility index (Phi) is 5.16. The van der Waals surface area contributed by atoms with Crippen molar-refractivity contribution >= 4 is 11.6 Å². The van der Waals surface area contributed by atoms with E-state index in [4.69, 9.17) is 4.74 Å². The molecule has 2 fully saturated rings. The first kappa shape index (κ1) is 18.0. The number of aryl methyl sites for hydroxylation is 1. The largest absolute Gasteiger partial charge is 0.372 e. The molecule has 6 heteroatoms. The molecule has 144 valence electrons. The molecule has 2 aliphatic heterocycles. The van der Waals surface area contributed by atoms with Gasteiger partial charge in [0.25, 0.3) is 0 Å². The quantitative estimate of drug-likeness (QED) is 0.881. The minimum atomic E-state index is -0.222. The lowest BCUT2D eigenvalue weighted by molar-refractivity contribution is -0.127. The van der Waals surface area contributed by atoms with Gasteiger partial charge in [-0.2, -0.15) is 5.10 Å². The van der Waals surface area contributed by atoms with Gasteiger partial charge < -0.3 is 15.0 Å². The number of carbonyl (C=O) groups excluding carboxylic acids is 1. The second kappa shape index (κ2) is 7.72. The van der Waals surface area contributed by atoms with Gasteiger partial charge in [-0.3, -0.25) is 9.48 Å². The van der Waals surface area contributed by atoms with Gasteiger partial charge in [-0.15, -0.1) is 0 Å². The summed E-state index contributed by atoms with van der Waals surface area (Å²) < 4.78 is 7.65. The molecule has 0 aliphatic carbocycles. The Morgan fingerprint density at radius 3 is 2.85 bits per heavy atom. The zero-order chi connectivity index (χ0) is 18.8. The molecule has 1 aromatic heterocycles. The third-order valence-corrected chi connectivity index (χ3v) is 5.78. The number of aromatic nitrogens is 2. The molecule has 1 unspecified atom stereocenters. The van der Waals surface area contributed by atoms with Crippen molar-refractivity contribution in [1.29, 1.82) is 0 Å². The van der Waals surface area contributed by atoms with Gasteiger partial charge in [0.05, 0.1) is 17.7 Å². The molecule has 4 rings (SSSR count). The Balaban J connectivity index is 1.44. The number of rotatable bonds is 5. The van der Waals surface area contributed by atoms with Crippen LogP contribution in [0.4, 0.5) is 5.69 Å². The molecule has 1 N–H and O–H groups in total. The molecule has 1 amide bonds. The summed E-state index contributed by atoms with van der Waals surface area (Å²) in [5, 5.41) is 7.41. The van der Waals surface area contributed by atoms with Crippen LogP contribution in [-0.4, -0.2) is 35.4 Å². The van der Waals surface area contributed by atoms with E-state index in [1.54, 1.807) is 10.9 Å². The number of anilines is 1. The predicted octanol–water partition coefficient (Wildman–Crippen LogP) is 2.98. The highest BCUT2D eigenvalue weighted by molar-refractivity contribution is 5.80. The first-order valence-corrected chi connectivity index (χ1v) is 9.88. The average Bonchev–Trinajstić information content (AvgIpc) is 3.42. The number of ether oxygens (including phenoxy) is 1. The van der Waals surface area contributed by atoms with Gasteiger partial charge in [-0.05, 0) is 49.9 Å². The first-order valence-electron chi connectivity index (χ1n) is 9.88. The van der Waals surface area contributed by atoms with Gasteiger partial charge in [0.1, 0.15) is 6.10 Å². The lowest BCUT2D eigenvalue weighted by Gasteiger charge is -2.23. The van der Waals surface area contributed by atoms with Gasteiger partial charge in [0, 0.05) is 38.6 Å². The smallest absolute Gasteiger partial charge is 0.226 e. The topological polar surface area (TPSA) is 59.4 Å². The Hall–Kier alpha value is -2.34. The molecule has 6 nitrogen and oxygen atoms in total. The Morgan fingerprint density at radius 2 is 2.11 bits per heavy atom. The van der Waals surface area contributed by atoms with E-state index < -0.39 is 0 Å². The predicted molar refractivity (Wildman–Crippen MR) is 104 cm³/mol. The summed E-state index contributed by atoms with van der Waals surface area (Å²) in [5.41, 5.74) is 3.35. The summed E-state index contributed by atoms with van der Waals surface area (Å²) in [4.78, 5) is 15.4. The molecular weight excluding hydrogens is 340 g/mol. The van der Waals surface area contributed by atoms with Crippen molar-refractivity contribution in [2.45, 2.75) is 38.3 Å². The van der Waals surface area contributed by atoms with Crippen LogP contribution in [0.1, 0.15) is 49.6 Å². The van der Waals surface area contributed by atoms with Crippen LogP contribution in [0.5, 0.6) is 0 Å². The van der Waals surface area contributed by atoms with E-state index in [2.05, 4.69) is 46.5 Å². The average molecular weight is 368 g/mol. The third-order valence-electron chi connectivity index (χ3n) is 5.78. The Morgan fingerprint density at radius 1 is 1.30 bits per heavy atom. The lowest BCUT2D eigenvalue weighted by Crippen LogP contribution is -2.34. The van der Waals surface area contributed by atoms with E-state index in [0.29, 0.717) is 6.61 Å². The summed E-state index contributed by atoms with van der Waals surface area (Å²) in [7, 11) is 1.89. The van der Waals surface area contributed by atoms with E-state index in [-0.39, 0.29) is 24.0 Å². The van der Waals surface area contributed by atoms with E-state index in [9.17, 15) is 4.79 Å². The first-order chi connectivity index (χ1) is 13.1. The molecule has 0 spiro atoms. The van der Waals surface area contributed by atoms with Gasteiger partial charge >= 0.3 is 0 Å². The number of nitrogens with one attached hydrogen (secondary N) is 1. The molecule has 0 bridgehead atoms. The van der Waals surface area contributed by atoms with Crippen molar-refractivity contribution < 1.29 is 9.53 Å². The molecular formula is C21H28N4O2. The summed E-state index contributed by atoms with van der Waals surface area (Å²) in [5.74, 6) is -0.123. The standard InChI is InChI=1S/C21H28N4O2/c1-15(16-6-5-7-17(14-16)25-11-3-4-12-25)23-21(26)18-9-13-27-20(18)19-8-10-22-24(19)2/h5-8,10,14-15,18,20H,3-4,9,11-13H2,1-2H3,(H,23,26)/t15?,18-,20-/m1/s1. The molecule has 3 heterocycles. The Labute approximate surface area is 160 Å². The zero-order valence-corrected chi connectivity index (χ0v) is 16.1. The van der Waals surface area contributed by atoms with Gasteiger partial charge in [-0.1, -0.05) is 12.1 Å². The van der Waals surface area contributed by atoms with Crippen LogP contribution < -0.4 is 10.2 Å². The number of nitrogens with zero attached hydrogens (tertiary/aromatic N) is 3. The molecule has 2 saturated heterocycles. The Bertz CT molecular complexity index is 797. The molecule has 0 saturated carbocycles. The number of carbonyl (C=O) groups is 1. The minimum absolute atomic E-state index is 0.0344. The van der Waals surface area contributed by atoms with Crippen molar-refractivity contribution in [3.05, 3.63) is 47.8 Å². The maximum absolute atomic E-state index is 13.0. The fourth-order valence-corrected chi connectivity index (χ4v) is 4.18. The number of hydrogen-bond donors (Lipinski definition) is 1. The maximum Gasteiger partial charge on any atom is 0.226 e. The van der Waals surface area contributed by atoms with Crippen molar-refractivity contribution in [2.24, 2.45) is 13.0 Å². The van der Waals surface area contributed by atoms with E-state index in [1.165, 1.54) is 18.5 Å². The van der Waals surface area contributed by atoms with Crippen LogP contribution in [0.2, 0.25) is 0 Å². The molecule has 2 aromatic rings. The molecule has 1 aromatic carbocycles. The van der Waals surface area contributed by atoms with Crippen molar-refractivity contribution in [1.82, 2.24) is 15.1 Å². The molecule has 0 radical (unpaired) electrons. The summed E-state index contributed by atoms with van der Waals surface area (Å²) in [6.45, 7) is 4.90. The van der Waals surface area contributed by atoms with Crippen LogP contribution in [0.15, 0.2) is 36.5 Å². The molecule has 27 heavy (non-hydrogen) atoms. The second-order valence-corrected chi connectivity index (χ2v) is 7.59. The normalized spacial score (nSPS) is 23.6. The highest BCUT2D eigenvalue weighted by Gasteiger charge is 2.37. The number of benzene rings is 1. The summed E-state index contributed by atoms with van der Waals surface area (Å²) in [6, 6.07) is 10.4. The van der Waals surface area contributed by atoms with Crippen molar-refractivity contribution in [3.63, 3.8) is 0 Å². The van der Waals surface area contributed by atoms with Crippen LogP contribution in [-0.2, 0) is 16.6 Å². The fraction of sp³-hybridized carbons (Fsp3) is 0.524. The van der Waals surface area contributed by atoms with Gasteiger partial charge in [0.15, 0.2) is 0 Å². The van der Waals surface area contributed by atoms with Gasteiger partial charge in [-0.25, -0.2) is 0 Å². The molecule has 2 aliphatic rings. The highest BCUT2D eigenvalue weighted by Crippen LogP contribution is 2.35. The maximum atomic E-state index is 13.0. The lowest BCUT2D eigenvalue weighted by atomic mass is 9.97. The summed E-state index contributed by atoms with van der Waals surface area (Å²) in [6.07, 6.45) is 4.78. The van der Waals surface area contributed by atoms with Crippen LogP contribution in [0.25, 0.3) is 0 Å². The third kappa shape index (κ3) is 3.72. The van der Waals surface area contributed by atoms with Crippen LogP contribution in [0.3, 0.4) is 0 Å². The second-order valence-electron chi connectivity index (χ2n) is 7.59. The van der Waals surface area contributed by atoms with Crippen LogP contribution >= 0.6 is 0 Å². The van der Waals surface area contributed by atoms with E-state index in [0.717, 1.165) is 30.8 Å². The summed E-state index contributed by atoms with van der Waals surface area (Å²) >= 11 is 0. The SMILES string of the molecule is CC(NC(=O)[C@@H]1CCO[C@H]1c1ccnn1C)c1cccc(N2CCCC2)c1. The van der Waals surface area contributed by atoms with Gasteiger partial charge in [0.2, 0.25) is 5.91 Å².